The van der Waals surface area contributed by atoms with E-state index in [0.717, 1.165) is 17.9 Å². The van der Waals surface area contributed by atoms with Crippen molar-refractivity contribution < 1.29 is 14.4 Å². The first-order chi connectivity index (χ1) is 11.6. The SMILES string of the molecule is C=C1CCC(N2C(=O)C=C(NCCCn3ccnc3)C2=O)C(=O)N1. The number of rotatable bonds is 6. The van der Waals surface area contributed by atoms with Crippen LogP contribution < -0.4 is 10.6 Å². The third-order valence-corrected chi connectivity index (χ3v) is 4.06. The van der Waals surface area contributed by atoms with Crippen LogP contribution in [0.5, 0.6) is 0 Å². The molecule has 126 valence electrons. The molecule has 3 amide bonds. The molecule has 1 atom stereocenters. The zero-order valence-electron chi connectivity index (χ0n) is 13.2. The van der Waals surface area contributed by atoms with E-state index in [4.69, 9.17) is 0 Å². The number of hydrogen-bond acceptors (Lipinski definition) is 5. The average molecular weight is 329 g/mol. The van der Waals surface area contributed by atoms with Crippen LogP contribution in [-0.4, -0.2) is 44.8 Å². The van der Waals surface area contributed by atoms with Crippen LogP contribution in [0.1, 0.15) is 19.3 Å². The topological polar surface area (TPSA) is 96.3 Å². The van der Waals surface area contributed by atoms with Crippen molar-refractivity contribution in [2.75, 3.05) is 6.54 Å². The van der Waals surface area contributed by atoms with Gasteiger partial charge < -0.3 is 15.2 Å². The van der Waals surface area contributed by atoms with Crippen LogP contribution in [0.15, 0.2) is 42.8 Å². The third-order valence-electron chi connectivity index (χ3n) is 4.06. The molecular weight excluding hydrogens is 310 g/mol. The van der Waals surface area contributed by atoms with Gasteiger partial charge >= 0.3 is 0 Å². The number of imide groups is 1. The number of nitrogens with zero attached hydrogens (tertiary/aromatic N) is 3. The van der Waals surface area contributed by atoms with E-state index in [2.05, 4.69) is 22.2 Å². The summed E-state index contributed by atoms with van der Waals surface area (Å²) in [4.78, 5) is 41.5. The molecule has 24 heavy (non-hydrogen) atoms. The molecular formula is C16H19N5O3. The summed E-state index contributed by atoms with van der Waals surface area (Å²) in [5, 5.41) is 5.58. The van der Waals surface area contributed by atoms with E-state index in [0.29, 0.717) is 25.1 Å². The summed E-state index contributed by atoms with van der Waals surface area (Å²) >= 11 is 0. The van der Waals surface area contributed by atoms with Gasteiger partial charge in [0.1, 0.15) is 11.7 Å². The second-order valence-corrected chi connectivity index (χ2v) is 5.80. The monoisotopic (exact) mass is 329 g/mol. The smallest absolute Gasteiger partial charge is 0.277 e. The van der Waals surface area contributed by atoms with E-state index in [9.17, 15) is 14.4 Å². The van der Waals surface area contributed by atoms with E-state index in [1.165, 1.54) is 6.08 Å². The van der Waals surface area contributed by atoms with E-state index < -0.39 is 17.9 Å². The van der Waals surface area contributed by atoms with Gasteiger partial charge in [0.2, 0.25) is 5.91 Å². The van der Waals surface area contributed by atoms with Gasteiger partial charge in [-0.1, -0.05) is 6.58 Å². The maximum atomic E-state index is 12.4. The Kier molecular flexibility index (Phi) is 4.45. The van der Waals surface area contributed by atoms with Crippen molar-refractivity contribution in [3.8, 4) is 0 Å². The standard InChI is InChI=1S/C16H19N5O3/c1-11-3-4-13(15(23)19-11)21-14(22)9-12(16(21)24)18-5-2-7-20-8-6-17-10-20/h6,8-10,13,18H,1-5,7H2,(H,19,23). The number of imidazole rings is 1. The van der Waals surface area contributed by atoms with Crippen molar-refractivity contribution in [3.05, 3.63) is 42.8 Å². The molecule has 2 aliphatic rings. The molecule has 1 fully saturated rings. The van der Waals surface area contributed by atoms with Crippen molar-refractivity contribution in [1.29, 1.82) is 0 Å². The largest absolute Gasteiger partial charge is 0.380 e. The van der Waals surface area contributed by atoms with Crippen LogP contribution in [0.25, 0.3) is 0 Å². The van der Waals surface area contributed by atoms with Gasteiger partial charge in [0.15, 0.2) is 0 Å². The minimum Gasteiger partial charge on any atom is -0.380 e. The number of allylic oxidation sites excluding steroid dienone is 1. The second kappa shape index (κ2) is 6.69. The molecule has 3 rings (SSSR count). The number of amides is 3. The lowest BCUT2D eigenvalue weighted by Gasteiger charge is -2.29. The summed E-state index contributed by atoms with van der Waals surface area (Å²) in [7, 11) is 0. The maximum Gasteiger partial charge on any atom is 0.277 e. The molecule has 1 aromatic rings. The molecule has 3 heterocycles. The fourth-order valence-electron chi connectivity index (χ4n) is 2.82. The predicted octanol–water partition coefficient (Wildman–Crippen LogP) is -0.0922. The Bertz CT molecular complexity index is 707. The highest BCUT2D eigenvalue weighted by Crippen LogP contribution is 2.22. The third kappa shape index (κ3) is 3.22. The van der Waals surface area contributed by atoms with Gasteiger partial charge in [-0.15, -0.1) is 0 Å². The molecule has 0 spiro atoms. The second-order valence-electron chi connectivity index (χ2n) is 5.80. The minimum atomic E-state index is -0.767. The molecule has 8 heteroatoms. The Balaban J connectivity index is 1.54. The van der Waals surface area contributed by atoms with Crippen LogP contribution in [0.2, 0.25) is 0 Å². The number of nitrogens with one attached hydrogen (secondary N) is 2. The molecule has 0 aromatic carbocycles. The predicted molar refractivity (Wildman–Crippen MR) is 85.1 cm³/mol. The van der Waals surface area contributed by atoms with Gasteiger partial charge in [-0.05, 0) is 19.3 Å². The van der Waals surface area contributed by atoms with Crippen LogP contribution in [-0.2, 0) is 20.9 Å². The molecule has 0 radical (unpaired) electrons. The van der Waals surface area contributed by atoms with Gasteiger partial charge in [-0.25, -0.2) is 4.98 Å². The Morgan fingerprint density at radius 3 is 2.92 bits per heavy atom. The van der Waals surface area contributed by atoms with Gasteiger partial charge in [0, 0.05) is 37.3 Å². The Hall–Kier alpha value is -2.90. The van der Waals surface area contributed by atoms with Crippen LogP contribution in [0.3, 0.4) is 0 Å². The zero-order chi connectivity index (χ0) is 17.1. The lowest BCUT2D eigenvalue weighted by atomic mass is 10.0. The molecule has 0 bridgehead atoms. The summed E-state index contributed by atoms with van der Waals surface area (Å²) in [6, 6.07) is -0.767. The summed E-state index contributed by atoms with van der Waals surface area (Å²) in [6.07, 6.45) is 8.29. The number of hydrogen-bond donors (Lipinski definition) is 2. The van der Waals surface area contributed by atoms with Gasteiger partial charge in [-0.2, -0.15) is 0 Å². The van der Waals surface area contributed by atoms with Crippen LogP contribution >= 0.6 is 0 Å². The Morgan fingerprint density at radius 1 is 1.38 bits per heavy atom. The molecule has 1 aromatic heterocycles. The van der Waals surface area contributed by atoms with Crippen molar-refractivity contribution >= 4 is 17.7 Å². The molecule has 1 saturated heterocycles. The van der Waals surface area contributed by atoms with Crippen molar-refractivity contribution in [3.63, 3.8) is 0 Å². The molecule has 1 unspecified atom stereocenters. The molecule has 8 nitrogen and oxygen atoms in total. The molecule has 2 N–H and O–H groups in total. The summed E-state index contributed by atoms with van der Waals surface area (Å²) in [6.45, 7) is 5.01. The number of aromatic nitrogens is 2. The Labute approximate surface area is 139 Å². The normalized spacial score (nSPS) is 21.1. The average Bonchev–Trinajstić information content (AvgIpc) is 3.14. The van der Waals surface area contributed by atoms with E-state index in [-0.39, 0.29) is 11.6 Å². The molecule has 2 aliphatic heterocycles. The number of carbonyl (C=O) groups excluding carboxylic acids is 3. The van der Waals surface area contributed by atoms with E-state index in [1.54, 1.807) is 12.5 Å². The van der Waals surface area contributed by atoms with Crippen molar-refractivity contribution in [1.82, 2.24) is 25.1 Å². The first-order valence-corrected chi connectivity index (χ1v) is 7.84. The lowest BCUT2D eigenvalue weighted by molar-refractivity contribution is -0.146. The fraction of sp³-hybridized carbons (Fsp3) is 0.375. The van der Waals surface area contributed by atoms with Gasteiger partial charge in [0.25, 0.3) is 11.8 Å². The van der Waals surface area contributed by atoms with Crippen LogP contribution in [0, 0.1) is 0 Å². The zero-order valence-corrected chi connectivity index (χ0v) is 13.2. The molecule has 0 aliphatic carbocycles. The Morgan fingerprint density at radius 2 is 2.21 bits per heavy atom. The number of piperidine rings is 1. The van der Waals surface area contributed by atoms with Crippen molar-refractivity contribution in [2.24, 2.45) is 0 Å². The summed E-state index contributed by atoms with van der Waals surface area (Å²) in [5.41, 5.74) is 0.851. The minimum absolute atomic E-state index is 0.239. The first kappa shape index (κ1) is 16.0. The lowest BCUT2D eigenvalue weighted by Crippen LogP contribution is -2.52. The van der Waals surface area contributed by atoms with Gasteiger partial charge in [-0.3, -0.25) is 19.3 Å². The van der Waals surface area contributed by atoms with E-state index >= 15 is 0 Å². The van der Waals surface area contributed by atoms with Gasteiger partial charge in [0.05, 0.1) is 6.33 Å². The highest BCUT2D eigenvalue weighted by molar-refractivity contribution is 6.17. The van der Waals surface area contributed by atoms with Crippen LogP contribution in [0.4, 0.5) is 0 Å². The summed E-state index contributed by atoms with van der Waals surface area (Å²) in [5.74, 6) is -1.26. The highest BCUT2D eigenvalue weighted by Gasteiger charge is 2.41. The quantitative estimate of drug-likeness (QED) is 0.561. The molecule has 0 saturated carbocycles. The fourth-order valence-corrected chi connectivity index (χ4v) is 2.82. The number of aryl methyl sites for hydroxylation is 1. The van der Waals surface area contributed by atoms with Crippen molar-refractivity contribution in [2.45, 2.75) is 31.8 Å². The summed E-state index contributed by atoms with van der Waals surface area (Å²) < 4.78 is 1.93. The van der Waals surface area contributed by atoms with E-state index in [1.807, 2.05) is 10.8 Å². The first-order valence-electron chi connectivity index (χ1n) is 7.84. The maximum absolute atomic E-state index is 12.4. The number of carbonyl (C=O) groups is 3. The highest BCUT2D eigenvalue weighted by atomic mass is 16.2.